The van der Waals surface area contributed by atoms with E-state index in [9.17, 15) is 9.59 Å². The third-order valence-electron chi connectivity index (χ3n) is 4.80. The maximum absolute atomic E-state index is 13.3. The minimum Gasteiger partial charge on any atom is -0.292 e. The Kier molecular flexibility index (Phi) is 4.87. The van der Waals surface area contributed by atoms with Gasteiger partial charge in [0.1, 0.15) is 4.83 Å². The first kappa shape index (κ1) is 18.6. The topological polar surface area (TPSA) is 52.0 Å². The monoisotopic (exact) mass is 408 g/mol. The average molecular weight is 409 g/mol. The molecular weight excluding hydrogens is 392 g/mol. The summed E-state index contributed by atoms with van der Waals surface area (Å²) in [5, 5.41) is 1.18. The van der Waals surface area contributed by atoms with Gasteiger partial charge < -0.3 is 0 Å². The van der Waals surface area contributed by atoms with Crippen LogP contribution in [0, 0.1) is 6.92 Å². The molecule has 0 amide bonds. The largest absolute Gasteiger partial charge is 0.292 e. The maximum Gasteiger partial charge on any atom is 0.263 e. The first-order valence-corrected chi connectivity index (χ1v) is 10.0. The fraction of sp³-hybridized carbons (Fsp3) is 0.136. The van der Waals surface area contributed by atoms with Crippen molar-refractivity contribution < 1.29 is 4.79 Å². The number of hydrogen-bond donors (Lipinski definition) is 0. The molecule has 6 heteroatoms. The summed E-state index contributed by atoms with van der Waals surface area (Å²) < 4.78 is 1.42. The number of hydrogen-bond acceptors (Lipinski definition) is 4. The van der Waals surface area contributed by atoms with E-state index in [4.69, 9.17) is 11.6 Å². The molecule has 0 fully saturated rings. The number of carbonyl (C=O) groups is 1. The zero-order chi connectivity index (χ0) is 19.8. The Bertz CT molecular complexity index is 1230. The summed E-state index contributed by atoms with van der Waals surface area (Å²) in [7, 11) is 0. The second kappa shape index (κ2) is 7.34. The van der Waals surface area contributed by atoms with Crippen molar-refractivity contribution >= 4 is 38.9 Å². The molecule has 140 valence electrons. The van der Waals surface area contributed by atoms with Crippen molar-refractivity contribution in [1.29, 1.82) is 0 Å². The van der Waals surface area contributed by atoms with Crippen molar-refractivity contribution in [3.8, 4) is 11.1 Å². The predicted molar refractivity (Wildman–Crippen MR) is 115 cm³/mol. The van der Waals surface area contributed by atoms with Crippen LogP contribution in [0.5, 0.6) is 0 Å². The number of rotatable bonds is 4. The summed E-state index contributed by atoms with van der Waals surface area (Å²) in [6, 6.07) is 15.7. The summed E-state index contributed by atoms with van der Waals surface area (Å²) in [6.45, 7) is 3.70. The van der Waals surface area contributed by atoms with Crippen LogP contribution in [0.2, 0.25) is 5.02 Å². The molecule has 0 aliphatic carbocycles. The van der Waals surface area contributed by atoms with Crippen LogP contribution in [0.1, 0.15) is 28.2 Å². The van der Waals surface area contributed by atoms with Crippen molar-refractivity contribution in [3.63, 3.8) is 0 Å². The van der Waals surface area contributed by atoms with E-state index < -0.39 is 6.04 Å². The lowest BCUT2D eigenvalue weighted by molar-refractivity contribution is 0.0932. The van der Waals surface area contributed by atoms with Gasteiger partial charge in [-0.15, -0.1) is 11.3 Å². The molecule has 0 aliphatic rings. The third kappa shape index (κ3) is 3.17. The smallest absolute Gasteiger partial charge is 0.263 e. The van der Waals surface area contributed by atoms with E-state index in [0.29, 0.717) is 20.8 Å². The lowest BCUT2D eigenvalue weighted by Crippen LogP contribution is -2.28. The van der Waals surface area contributed by atoms with Crippen LogP contribution in [-0.2, 0) is 0 Å². The second-order valence-corrected chi connectivity index (χ2v) is 8.22. The van der Waals surface area contributed by atoms with Gasteiger partial charge in [0.25, 0.3) is 5.56 Å². The summed E-state index contributed by atoms with van der Waals surface area (Å²) in [4.78, 5) is 32.3. The standard InChI is InChI=1S/C22H17ClN2O2S/c1-13(20(26)16-6-4-3-5-7-16)25-12-24-21-19(22(25)27)18(14(2)28-21)15-8-10-17(23)11-9-15/h3-13H,1-2H3. The van der Waals surface area contributed by atoms with Gasteiger partial charge in [0, 0.05) is 21.0 Å². The van der Waals surface area contributed by atoms with Crippen LogP contribution in [0.4, 0.5) is 0 Å². The van der Waals surface area contributed by atoms with Gasteiger partial charge in [-0.05, 0) is 31.5 Å². The SMILES string of the molecule is Cc1sc2ncn(C(C)C(=O)c3ccccc3)c(=O)c2c1-c1ccc(Cl)cc1. The maximum atomic E-state index is 13.3. The fourth-order valence-electron chi connectivity index (χ4n) is 3.33. The van der Waals surface area contributed by atoms with Gasteiger partial charge in [-0.1, -0.05) is 54.1 Å². The van der Waals surface area contributed by atoms with Crippen LogP contribution in [-0.4, -0.2) is 15.3 Å². The summed E-state index contributed by atoms with van der Waals surface area (Å²) in [5.74, 6) is -0.121. The molecule has 2 aromatic carbocycles. The van der Waals surface area contributed by atoms with Gasteiger partial charge in [-0.25, -0.2) is 4.98 Å². The van der Waals surface area contributed by atoms with Crippen LogP contribution < -0.4 is 5.56 Å². The number of halogens is 1. The normalized spacial score (nSPS) is 12.2. The average Bonchev–Trinajstić information content (AvgIpc) is 3.05. The summed E-state index contributed by atoms with van der Waals surface area (Å²) in [6.07, 6.45) is 1.47. The predicted octanol–water partition coefficient (Wildman–Crippen LogP) is 5.53. The lowest BCUT2D eigenvalue weighted by Gasteiger charge is -2.14. The molecule has 2 heterocycles. The molecule has 2 aromatic heterocycles. The summed E-state index contributed by atoms with van der Waals surface area (Å²) in [5.41, 5.74) is 2.12. The number of fused-ring (bicyclic) bond motifs is 1. The molecule has 0 saturated carbocycles. The number of nitrogens with zero attached hydrogens (tertiary/aromatic N) is 2. The summed E-state index contributed by atoms with van der Waals surface area (Å²) >= 11 is 7.48. The number of aryl methyl sites for hydroxylation is 1. The fourth-order valence-corrected chi connectivity index (χ4v) is 4.45. The Morgan fingerprint density at radius 1 is 1.11 bits per heavy atom. The molecule has 4 aromatic rings. The zero-order valence-corrected chi connectivity index (χ0v) is 16.9. The molecule has 4 rings (SSSR count). The Balaban J connectivity index is 1.87. The Labute approximate surface area is 171 Å². The van der Waals surface area contributed by atoms with Crippen molar-refractivity contribution in [2.45, 2.75) is 19.9 Å². The minimum atomic E-state index is -0.648. The van der Waals surface area contributed by atoms with E-state index in [-0.39, 0.29) is 11.3 Å². The Morgan fingerprint density at radius 3 is 2.46 bits per heavy atom. The highest BCUT2D eigenvalue weighted by Gasteiger charge is 2.22. The minimum absolute atomic E-state index is 0.121. The van der Waals surface area contributed by atoms with Crippen molar-refractivity contribution in [2.24, 2.45) is 0 Å². The molecule has 0 N–H and O–H groups in total. The molecule has 1 unspecified atom stereocenters. The van der Waals surface area contributed by atoms with E-state index in [1.54, 1.807) is 31.2 Å². The Hall–Kier alpha value is -2.76. The third-order valence-corrected chi connectivity index (χ3v) is 6.07. The molecule has 28 heavy (non-hydrogen) atoms. The molecule has 0 spiro atoms. The number of ketones is 1. The highest BCUT2D eigenvalue weighted by Crippen LogP contribution is 2.36. The molecule has 4 nitrogen and oxygen atoms in total. The molecular formula is C22H17ClN2O2S. The van der Waals surface area contributed by atoms with Crippen LogP contribution in [0.15, 0.2) is 65.7 Å². The second-order valence-electron chi connectivity index (χ2n) is 6.58. The molecule has 1 atom stereocenters. The molecule has 0 aliphatic heterocycles. The number of carbonyl (C=O) groups excluding carboxylic acids is 1. The quantitative estimate of drug-likeness (QED) is 0.417. The van der Waals surface area contributed by atoms with Gasteiger partial charge in [-0.3, -0.25) is 14.2 Å². The van der Waals surface area contributed by atoms with Gasteiger partial charge in [0.2, 0.25) is 0 Å². The number of thiophene rings is 1. The van der Waals surface area contributed by atoms with Crippen molar-refractivity contribution in [3.05, 3.63) is 86.7 Å². The van der Waals surface area contributed by atoms with E-state index in [2.05, 4.69) is 4.98 Å². The molecule has 0 bridgehead atoms. The molecule has 0 saturated heterocycles. The number of benzene rings is 2. The van der Waals surface area contributed by atoms with E-state index in [0.717, 1.165) is 16.0 Å². The van der Waals surface area contributed by atoms with E-state index >= 15 is 0 Å². The van der Waals surface area contributed by atoms with Crippen LogP contribution in [0.25, 0.3) is 21.3 Å². The highest BCUT2D eigenvalue weighted by molar-refractivity contribution is 7.19. The highest BCUT2D eigenvalue weighted by atomic mass is 35.5. The number of Topliss-reactive ketones (excluding diaryl/α,β-unsaturated/α-hetero) is 1. The number of aromatic nitrogens is 2. The van der Waals surface area contributed by atoms with E-state index in [1.807, 2.05) is 37.3 Å². The van der Waals surface area contributed by atoms with E-state index in [1.165, 1.54) is 22.2 Å². The molecule has 0 radical (unpaired) electrons. The van der Waals surface area contributed by atoms with Crippen molar-refractivity contribution in [2.75, 3.05) is 0 Å². The van der Waals surface area contributed by atoms with Gasteiger partial charge >= 0.3 is 0 Å². The van der Waals surface area contributed by atoms with Crippen LogP contribution >= 0.6 is 22.9 Å². The van der Waals surface area contributed by atoms with Gasteiger partial charge in [0.15, 0.2) is 5.78 Å². The van der Waals surface area contributed by atoms with Gasteiger partial charge in [-0.2, -0.15) is 0 Å². The first-order valence-electron chi connectivity index (χ1n) is 8.83. The van der Waals surface area contributed by atoms with Crippen LogP contribution in [0.3, 0.4) is 0 Å². The Morgan fingerprint density at radius 2 is 1.79 bits per heavy atom. The zero-order valence-electron chi connectivity index (χ0n) is 15.3. The van der Waals surface area contributed by atoms with Crippen molar-refractivity contribution in [1.82, 2.24) is 9.55 Å². The lowest BCUT2D eigenvalue weighted by atomic mass is 10.0. The van der Waals surface area contributed by atoms with Gasteiger partial charge in [0.05, 0.1) is 17.8 Å². The first-order chi connectivity index (χ1) is 13.5.